The Labute approximate surface area is 204 Å². The van der Waals surface area contributed by atoms with Crippen LogP contribution in [0, 0.1) is 5.82 Å². The first-order chi connectivity index (χ1) is 16.6. The van der Waals surface area contributed by atoms with Gasteiger partial charge >= 0.3 is 0 Å². The van der Waals surface area contributed by atoms with Gasteiger partial charge in [-0.3, -0.25) is 4.79 Å². The molecule has 2 unspecified atom stereocenters. The van der Waals surface area contributed by atoms with Crippen molar-refractivity contribution in [1.82, 2.24) is 9.88 Å². The second-order valence-electron chi connectivity index (χ2n) is 9.78. The number of nitrogens with zero attached hydrogens (tertiary/aromatic N) is 2. The van der Waals surface area contributed by atoms with E-state index in [0.717, 1.165) is 17.3 Å². The normalized spacial score (nSPS) is 21.6. The molecule has 2 atom stereocenters. The van der Waals surface area contributed by atoms with Crippen molar-refractivity contribution in [1.29, 1.82) is 0 Å². The quantitative estimate of drug-likeness (QED) is 0.581. The zero-order valence-electron chi connectivity index (χ0n) is 19.6. The molecule has 0 radical (unpaired) electrons. The Kier molecular flexibility index (Phi) is 5.76. The van der Waals surface area contributed by atoms with Gasteiger partial charge in [0.05, 0.1) is 22.1 Å². The second-order valence-corrected chi connectivity index (χ2v) is 11.7. The fourth-order valence-electron chi connectivity index (χ4n) is 5.48. The molecule has 2 aromatic carbocycles. The maximum Gasteiger partial charge on any atom is 0.272 e. The van der Waals surface area contributed by atoms with E-state index in [9.17, 15) is 22.7 Å². The van der Waals surface area contributed by atoms with Crippen LogP contribution in [0.2, 0.25) is 0 Å². The molecule has 1 aliphatic carbocycles. The molecule has 1 saturated heterocycles. The summed E-state index contributed by atoms with van der Waals surface area (Å²) in [6.07, 6.45) is 1.26. The molecule has 1 spiro atoms. The predicted molar refractivity (Wildman–Crippen MR) is 128 cm³/mol. The number of likely N-dealkylation sites (tertiary alicyclic amines) is 1. The van der Waals surface area contributed by atoms with Crippen LogP contribution in [0.25, 0.3) is 0 Å². The highest BCUT2D eigenvalue weighted by molar-refractivity contribution is 7.91. The van der Waals surface area contributed by atoms with Gasteiger partial charge < -0.3 is 10.0 Å². The molecule has 1 fully saturated rings. The minimum Gasteiger partial charge on any atom is -0.388 e. The highest BCUT2D eigenvalue weighted by Crippen LogP contribution is 2.51. The highest BCUT2D eigenvalue weighted by Gasteiger charge is 2.49. The number of fused-ring (bicyclic) bond motifs is 2. The lowest BCUT2D eigenvalue weighted by Gasteiger charge is -2.25. The summed E-state index contributed by atoms with van der Waals surface area (Å²) in [5.74, 6) is -0.745. The number of amides is 1. The third-order valence-electron chi connectivity index (χ3n) is 7.27. The lowest BCUT2D eigenvalue weighted by Crippen LogP contribution is -2.33. The van der Waals surface area contributed by atoms with Gasteiger partial charge in [0.25, 0.3) is 5.91 Å². The number of pyridine rings is 1. The fourth-order valence-corrected chi connectivity index (χ4v) is 7.14. The summed E-state index contributed by atoms with van der Waals surface area (Å²) in [6, 6.07) is 14.6. The second kappa shape index (κ2) is 8.53. The molecule has 35 heavy (non-hydrogen) atoms. The van der Waals surface area contributed by atoms with E-state index in [1.54, 1.807) is 35.2 Å². The maximum absolute atomic E-state index is 13.5. The van der Waals surface area contributed by atoms with Crippen molar-refractivity contribution in [3.63, 3.8) is 0 Å². The summed E-state index contributed by atoms with van der Waals surface area (Å²) < 4.78 is 40.3. The number of hydrogen-bond acceptors (Lipinski definition) is 5. The molecule has 1 aromatic heterocycles. The number of benzene rings is 2. The van der Waals surface area contributed by atoms with Crippen molar-refractivity contribution in [2.45, 2.75) is 53.9 Å². The van der Waals surface area contributed by atoms with Crippen molar-refractivity contribution < 1.29 is 22.7 Å². The molecule has 3 aromatic rings. The van der Waals surface area contributed by atoms with Crippen LogP contribution in [0.5, 0.6) is 0 Å². The van der Waals surface area contributed by atoms with Crippen molar-refractivity contribution in [3.8, 4) is 0 Å². The third-order valence-corrected chi connectivity index (χ3v) is 9.09. The molecule has 0 bridgehead atoms. The summed E-state index contributed by atoms with van der Waals surface area (Å²) >= 11 is 0. The number of hydrogen-bond donors (Lipinski definition) is 1. The van der Waals surface area contributed by atoms with Crippen LogP contribution in [-0.4, -0.2) is 42.4 Å². The molecule has 182 valence electrons. The maximum atomic E-state index is 13.5. The van der Waals surface area contributed by atoms with Crippen LogP contribution >= 0.6 is 0 Å². The van der Waals surface area contributed by atoms with Crippen LogP contribution in [0.3, 0.4) is 0 Å². The van der Waals surface area contributed by atoms with Gasteiger partial charge in [-0.1, -0.05) is 38.1 Å². The first kappa shape index (κ1) is 23.6. The first-order valence-corrected chi connectivity index (χ1v) is 13.2. The topological polar surface area (TPSA) is 87.6 Å². The monoisotopic (exact) mass is 494 g/mol. The lowest BCUT2D eigenvalue weighted by atomic mass is 9.81. The van der Waals surface area contributed by atoms with E-state index < -0.39 is 27.2 Å². The summed E-state index contributed by atoms with van der Waals surface area (Å²) in [5, 5.41) is 10.9. The Morgan fingerprint density at radius 1 is 1.17 bits per heavy atom. The molecule has 1 amide bonds. The Balaban J connectivity index is 1.47. The van der Waals surface area contributed by atoms with Crippen molar-refractivity contribution in [2.24, 2.45) is 0 Å². The number of aromatic nitrogens is 1. The smallest absolute Gasteiger partial charge is 0.272 e. The van der Waals surface area contributed by atoms with Gasteiger partial charge in [-0.15, -0.1) is 0 Å². The SMILES string of the molecule is CC(C)c1ccccc1S(=O)(=O)c1ccc2c(c1)C(O)CC21CCN(C(=O)c2ccc(F)cn2)C1. The number of carbonyl (C=O) groups is 1. The number of carbonyl (C=O) groups excluding carboxylic acids is 1. The van der Waals surface area contributed by atoms with Gasteiger partial charge in [0, 0.05) is 18.5 Å². The number of aliphatic hydroxyl groups is 1. The molecule has 5 rings (SSSR count). The Bertz CT molecular complexity index is 1400. The van der Waals surface area contributed by atoms with E-state index in [-0.39, 0.29) is 27.3 Å². The van der Waals surface area contributed by atoms with Crippen LogP contribution < -0.4 is 0 Å². The zero-order valence-corrected chi connectivity index (χ0v) is 20.4. The fraction of sp³-hybridized carbons (Fsp3) is 0.333. The van der Waals surface area contributed by atoms with E-state index in [0.29, 0.717) is 31.5 Å². The van der Waals surface area contributed by atoms with Crippen LogP contribution in [0.15, 0.2) is 70.6 Å². The minimum atomic E-state index is -3.77. The number of rotatable bonds is 4. The molecule has 0 saturated carbocycles. The van der Waals surface area contributed by atoms with E-state index >= 15 is 0 Å². The average Bonchev–Trinajstić information content (AvgIpc) is 3.39. The van der Waals surface area contributed by atoms with Gasteiger partial charge in [0.1, 0.15) is 11.5 Å². The number of halogens is 1. The van der Waals surface area contributed by atoms with Crippen LogP contribution in [0.4, 0.5) is 4.39 Å². The van der Waals surface area contributed by atoms with Gasteiger partial charge in [-0.05, 0) is 65.8 Å². The molecule has 1 N–H and O–H groups in total. The Morgan fingerprint density at radius 2 is 1.94 bits per heavy atom. The summed E-state index contributed by atoms with van der Waals surface area (Å²) in [4.78, 5) is 18.9. The average molecular weight is 495 g/mol. The Morgan fingerprint density at radius 3 is 2.66 bits per heavy atom. The number of aliphatic hydroxyl groups excluding tert-OH is 1. The molecule has 6 nitrogen and oxygen atoms in total. The van der Waals surface area contributed by atoms with Crippen molar-refractivity contribution >= 4 is 15.7 Å². The largest absolute Gasteiger partial charge is 0.388 e. The summed E-state index contributed by atoms with van der Waals surface area (Å²) in [7, 11) is -3.77. The number of sulfone groups is 1. The summed E-state index contributed by atoms with van der Waals surface area (Å²) in [5.41, 5.74) is 1.95. The molecule has 2 aliphatic rings. The van der Waals surface area contributed by atoms with Gasteiger partial charge in [-0.25, -0.2) is 17.8 Å². The Hall–Kier alpha value is -3.10. The highest BCUT2D eigenvalue weighted by atomic mass is 32.2. The van der Waals surface area contributed by atoms with Crippen molar-refractivity contribution in [3.05, 3.63) is 89.0 Å². The van der Waals surface area contributed by atoms with Gasteiger partial charge in [-0.2, -0.15) is 0 Å². The molecular formula is C27H27FN2O4S. The van der Waals surface area contributed by atoms with Gasteiger partial charge in [0.2, 0.25) is 9.84 Å². The van der Waals surface area contributed by atoms with Crippen molar-refractivity contribution in [2.75, 3.05) is 13.1 Å². The molecule has 8 heteroatoms. The van der Waals surface area contributed by atoms with E-state index in [4.69, 9.17) is 0 Å². The van der Waals surface area contributed by atoms with E-state index in [1.807, 2.05) is 26.0 Å². The molecule has 2 heterocycles. The summed E-state index contributed by atoms with van der Waals surface area (Å²) in [6.45, 7) is 4.78. The molecular weight excluding hydrogens is 467 g/mol. The van der Waals surface area contributed by atoms with Gasteiger partial charge in [0.15, 0.2) is 0 Å². The predicted octanol–water partition coefficient (Wildman–Crippen LogP) is 4.40. The zero-order chi connectivity index (χ0) is 25.0. The standard InChI is InChI=1S/C27H27FN2O4S/c1-17(2)20-5-3-4-6-25(20)35(33,34)19-8-9-22-21(13-19)24(31)14-27(22)11-12-30(16-27)26(32)23-10-7-18(28)15-29-23/h3-10,13,15,17,24,31H,11-12,14,16H2,1-2H3. The van der Waals surface area contributed by atoms with E-state index in [2.05, 4.69) is 4.98 Å². The van der Waals surface area contributed by atoms with E-state index in [1.165, 1.54) is 12.1 Å². The first-order valence-electron chi connectivity index (χ1n) is 11.7. The minimum absolute atomic E-state index is 0.0434. The third kappa shape index (κ3) is 3.94. The van der Waals surface area contributed by atoms with Crippen LogP contribution in [-0.2, 0) is 15.3 Å². The van der Waals surface area contributed by atoms with Crippen LogP contribution in [0.1, 0.15) is 65.9 Å². The molecule has 1 aliphatic heterocycles. The lowest BCUT2D eigenvalue weighted by molar-refractivity contribution is 0.0770.